The average molecular weight is 413 g/mol. The molecule has 0 saturated carbocycles. The lowest BCUT2D eigenvalue weighted by Gasteiger charge is -2.29. The molecule has 2 aromatic carbocycles. The number of amides is 1. The second-order valence-corrected chi connectivity index (χ2v) is 7.82. The van der Waals surface area contributed by atoms with Crippen LogP contribution in [0.25, 0.3) is 0 Å². The van der Waals surface area contributed by atoms with Crippen LogP contribution in [-0.4, -0.2) is 42.6 Å². The van der Waals surface area contributed by atoms with Crippen molar-refractivity contribution in [2.75, 3.05) is 32.1 Å². The summed E-state index contributed by atoms with van der Waals surface area (Å²) >= 11 is 5.66. The molecule has 0 unspecified atom stereocenters. The van der Waals surface area contributed by atoms with Crippen molar-refractivity contribution in [1.29, 1.82) is 0 Å². The lowest BCUT2D eigenvalue weighted by atomic mass is 10.1. The molecule has 1 aliphatic heterocycles. The first-order chi connectivity index (χ1) is 14.0. The van der Waals surface area contributed by atoms with Gasteiger partial charge in [-0.3, -0.25) is 4.79 Å². The molecule has 1 amide bonds. The van der Waals surface area contributed by atoms with Crippen LogP contribution in [0.4, 0.5) is 5.69 Å². The van der Waals surface area contributed by atoms with Gasteiger partial charge in [0.2, 0.25) is 0 Å². The fourth-order valence-corrected chi connectivity index (χ4v) is 3.90. The second kappa shape index (κ2) is 9.74. The van der Waals surface area contributed by atoms with E-state index in [1.165, 1.54) is 19.3 Å². The first kappa shape index (κ1) is 21.1. The maximum Gasteiger partial charge on any atom is 0.262 e. The molecule has 154 valence electrons. The van der Waals surface area contributed by atoms with Crippen molar-refractivity contribution in [3.8, 4) is 11.5 Å². The van der Waals surface area contributed by atoms with Crippen molar-refractivity contribution in [1.82, 2.24) is 4.90 Å². The monoisotopic (exact) mass is 412 g/mol. The van der Waals surface area contributed by atoms with Crippen LogP contribution in [0.15, 0.2) is 36.4 Å². The summed E-state index contributed by atoms with van der Waals surface area (Å²) in [4.78, 5) is 15.4. The fourth-order valence-electron chi connectivity index (χ4n) is 3.59. The zero-order valence-electron chi connectivity index (χ0n) is 17.3. The van der Waals surface area contributed by atoms with E-state index in [2.05, 4.69) is 16.3 Å². The molecular formula is C23H28N2O3S. The van der Waals surface area contributed by atoms with E-state index in [9.17, 15) is 4.79 Å². The Labute approximate surface area is 178 Å². The molecule has 1 N–H and O–H groups in total. The number of anilines is 1. The predicted molar refractivity (Wildman–Crippen MR) is 120 cm³/mol. The Morgan fingerprint density at radius 1 is 1.03 bits per heavy atom. The molecule has 0 radical (unpaired) electrons. The normalized spacial score (nSPS) is 13.7. The molecule has 0 spiro atoms. The number of hydrogen-bond acceptors (Lipinski definition) is 4. The Bertz CT molecular complexity index is 871. The summed E-state index contributed by atoms with van der Waals surface area (Å²) in [5.41, 5.74) is 3.90. The van der Waals surface area contributed by atoms with E-state index in [4.69, 9.17) is 21.7 Å². The molecule has 6 heteroatoms. The summed E-state index contributed by atoms with van der Waals surface area (Å²) in [7, 11) is 1.59. The first-order valence-corrected chi connectivity index (χ1v) is 10.4. The smallest absolute Gasteiger partial charge is 0.262 e. The maximum atomic E-state index is 12.3. The Kier molecular flexibility index (Phi) is 7.09. The van der Waals surface area contributed by atoms with Gasteiger partial charge in [0.1, 0.15) is 4.99 Å². The second-order valence-electron chi connectivity index (χ2n) is 7.43. The van der Waals surface area contributed by atoms with E-state index in [1.54, 1.807) is 7.11 Å². The SMILES string of the molecule is COc1cc(C(=S)N2CCCCC2)ccc1OCC(=O)Nc1cc(C)cc(C)c1. The zero-order chi connectivity index (χ0) is 20.8. The zero-order valence-corrected chi connectivity index (χ0v) is 18.1. The Balaban J connectivity index is 1.62. The predicted octanol–water partition coefficient (Wildman–Crippen LogP) is 4.49. The lowest BCUT2D eigenvalue weighted by Crippen LogP contribution is -2.34. The van der Waals surface area contributed by atoms with Crippen molar-refractivity contribution in [2.45, 2.75) is 33.1 Å². The van der Waals surface area contributed by atoms with Crippen LogP contribution in [-0.2, 0) is 4.79 Å². The molecule has 5 nitrogen and oxygen atoms in total. The van der Waals surface area contributed by atoms with Gasteiger partial charge in [-0.2, -0.15) is 0 Å². The Morgan fingerprint density at radius 3 is 2.38 bits per heavy atom. The van der Waals surface area contributed by atoms with E-state index in [1.807, 2.05) is 44.2 Å². The van der Waals surface area contributed by atoms with Gasteiger partial charge in [0.15, 0.2) is 18.1 Å². The van der Waals surface area contributed by atoms with Gasteiger partial charge in [0.25, 0.3) is 5.91 Å². The molecule has 0 atom stereocenters. The minimum atomic E-state index is -0.218. The lowest BCUT2D eigenvalue weighted by molar-refractivity contribution is -0.118. The maximum absolute atomic E-state index is 12.3. The van der Waals surface area contributed by atoms with Crippen molar-refractivity contribution in [3.05, 3.63) is 53.1 Å². The third-order valence-corrected chi connectivity index (χ3v) is 5.41. The van der Waals surface area contributed by atoms with Gasteiger partial charge >= 0.3 is 0 Å². The van der Waals surface area contributed by atoms with Crippen molar-refractivity contribution in [3.63, 3.8) is 0 Å². The third kappa shape index (κ3) is 5.70. The molecule has 29 heavy (non-hydrogen) atoms. The summed E-state index contributed by atoms with van der Waals surface area (Å²) in [6, 6.07) is 11.6. The summed E-state index contributed by atoms with van der Waals surface area (Å²) in [6.45, 7) is 5.90. The highest BCUT2D eigenvalue weighted by Gasteiger charge is 2.17. The van der Waals surface area contributed by atoms with E-state index in [-0.39, 0.29) is 12.5 Å². The van der Waals surface area contributed by atoms with Gasteiger partial charge in [-0.1, -0.05) is 18.3 Å². The molecule has 1 aliphatic rings. The number of likely N-dealkylation sites (tertiary alicyclic amines) is 1. The van der Waals surface area contributed by atoms with Gasteiger partial charge in [-0.05, 0) is 74.6 Å². The molecule has 0 aliphatic carbocycles. The van der Waals surface area contributed by atoms with Crippen LogP contribution in [0.5, 0.6) is 11.5 Å². The standard InChI is InChI=1S/C23H28N2O3S/c1-16-11-17(2)13-19(12-16)24-22(26)15-28-20-8-7-18(14-21(20)27-3)23(29)25-9-5-4-6-10-25/h7-8,11-14H,4-6,9-10,15H2,1-3H3,(H,24,26). The fraction of sp³-hybridized carbons (Fsp3) is 0.391. The van der Waals surface area contributed by atoms with Crippen LogP contribution >= 0.6 is 12.2 Å². The van der Waals surface area contributed by atoms with Crippen LogP contribution in [0, 0.1) is 13.8 Å². The van der Waals surface area contributed by atoms with Gasteiger partial charge in [-0.25, -0.2) is 0 Å². The number of hydrogen-bond donors (Lipinski definition) is 1. The molecular weight excluding hydrogens is 384 g/mol. The van der Waals surface area contributed by atoms with Crippen molar-refractivity contribution in [2.24, 2.45) is 0 Å². The topological polar surface area (TPSA) is 50.8 Å². The summed E-state index contributed by atoms with van der Waals surface area (Å²) < 4.78 is 11.2. The number of ether oxygens (including phenoxy) is 2. The number of piperidine rings is 1. The van der Waals surface area contributed by atoms with Gasteiger partial charge < -0.3 is 19.7 Å². The Hall–Kier alpha value is -2.60. The Morgan fingerprint density at radius 2 is 1.72 bits per heavy atom. The highest BCUT2D eigenvalue weighted by Crippen LogP contribution is 2.29. The highest BCUT2D eigenvalue weighted by molar-refractivity contribution is 7.80. The van der Waals surface area contributed by atoms with E-state index >= 15 is 0 Å². The van der Waals surface area contributed by atoms with E-state index < -0.39 is 0 Å². The van der Waals surface area contributed by atoms with Crippen LogP contribution in [0.3, 0.4) is 0 Å². The number of benzene rings is 2. The average Bonchev–Trinajstić information content (AvgIpc) is 2.71. The quantitative estimate of drug-likeness (QED) is 0.709. The van der Waals surface area contributed by atoms with E-state index in [0.717, 1.165) is 40.5 Å². The van der Waals surface area contributed by atoms with Gasteiger partial charge in [0.05, 0.1) is 7.11 Å². The first-order valence-electron chi connectivity index (χ1n) is 9.94. The largest absolute Gasteiger partial charge is 0.493 e. The molecule has 1 saturated heterocycles. The number of rotatable bonds is 6. The van der Waals surface area contributed by atoms with Crippen LogP contribution in [0.1, 0.15) is 36.0 Å². The van der Waals surface area contributed by atoms with Crippen LogP contribution in [0.2, 0.25) is 0 Å². The summed E-state index contributed by atoms with van der Waals surface area (Å²) in [5.74, 6) is 0.874. The minimum absolute atomic E-state index is 0.0979. The van der Waals surface area contributed by atoms with Crippen LogP contribution < -0.4 is 14.8 Å². The van der Waals surface area contributed by atoms with Crippen molar-refractivity contribution >= 4 is 28.8 Å². The highest BCUT2D eigenvalue weighted by atomic mass is 32.1. The number of aryl methyl sites for hydroxylation is 2. The number of carbonyl (C=O) groups is 1. The number of methoxy groups -OCH3 is 1. The number of nitrogens with one attached hydrogen (secondary N) is 1. The molecule has 1 fully saturated rings. The minimum Gasteiger partial charge on any atom is -0.493 e. The van der Waals surface area contributed by atoms with Gasteiger partial charge in [-0.15, -0.1) is 0 Å². The summed E-state index contributed by atoms with van der Waals surface area (Å²) in [6.07, 6.45) is 3.61. The molecule has 1 heterocycles. The molecule has 0 aromatic heterocycles. The van der Waals surface area contributed by atoms with Gasteiger partial charge in [0, 0.05) is 24.3 Å². The van der Waals surface area contributed by atoms with Crippen molar-refractivity contribution < 1.29 is 14.3 Å². The third-order valence-electron chi connectivity index (χ3n) is 4.92. The molecule has 3 rings (SSSR count). The number of carbonyl (C=O) groups excluding carboxylic acids is 1. The number of thiocarbonyl (C=S) groups is 1. The van der Waals surface area contributed by atoms with E-state index in [0.29, 0.717) is 11.5 Å². The molecule has 2 aromatic rings. The number of nitrogens with zero attached hydrogens (tertiary/aromatic N) is 1. The molecule has 0 bridgehead atoms. The summed E-state index contributed by atoms with van der Waals surface area (Å²) in [5, 5.41) is 2.87.